The summed E-state index contributed by atoms with van der Waals surface area (Å²) >= 11 is 1.46. The van der Waals surface area contributed by atoms with Gasteiger partial charge in [0.2, 0.25) is 5.91 Å². The number of rotatable bonds is 4. The van der Waals surface area contributed by atoms with E-state index in [0.717, 1.165) is 16.6 Å². The van der Waals surface area contributed by atoms with Gasteiger partial charge in [0.05, 0.1) is 16.3 Å². The van der Waals surface area contributed by atoms with Gasteiger partial charge in [0.15, 0.2) is 5.13 Å². The van der Waals surface area contributed by atoms with E-state index >= 15 is 0 Å². The molecule has 0 aliphatic rings. The smallest absolute Gasteiger partial charge is 0.243 e. The van der Waals surface area contributed by atoms with Crippen molar-refractivity contribution in [1.29, 1.82) is 0 Å². The number of benzene rings is 1. The third-order valence-electron chi connectivity index (χ3n) is 3.08. The van der Waals surface area contributed by atoms with Crippen LogP contribution in [0.25, 0.3) is 10.2 Å². The summed E-state index contributed by atoms with van der Waals surface area (Å²) in [6.45, 7) is 4.00. The first kappa shape index (κ1) is 15.9. The zero-order valence-corrected chi connectivity index (χ0v) is 12.6. The van der Waals surface area contributed by atoms with Gasteiger partial charge in [-0.2, -0.15) is 0 Å². The number of amides is 1. The Morgan fingerprint density at radius 3 is 2.79 bits per heavy atom. The maximum absolute atomic E-state index is 11.9. The number of hydrogen-bond acceptors (Lipinski definition) is 4. The van der Waals surface area contributed by atoms with Crippen LogP contribution in [-0.2, 0) is 4.79 Å². The first-order valence-electron chi connectivity index (χ1n) is 6.03. The van der Waals surface area contributed by atoms with Crippen molar-refractivity contribution in [3.8, 4) is 0 Å². The highest BCUT2D eigenvalue weighted by Crippen LogP contribution is 2.25. The Bertz CT molecular complexity index is 525. The molecule has 2 aromatic rings. The Kier molecular flexibility index (Phi) is 5.72. The van der Waals surface area contributed by atoms with Gasteiger partial charge < -0.3 is 11.1 Å². The number of carbonyl (C=O) groups excluding carboxylic acids is 1. The van der Waals surface area contributed by atoms with Crippen LogP contribution < -0.4 is 11.1 Å². The molecule has 2 unspecified atom stereocenters. The molecule has 1 amide bonds. The number of aromatic nitrogens is 1. The molecular weight excluding hydrogens is 282 g/mol. The van der Waals surface area contributed by atoms with Crippen molar-refractivity contribution in [3.05, 3.63) is 24.3 Å². The first-order chi connectivity index (χ1) is 8.61. The lowest BCUT2D eigenvalue weighted by Gasteiger charge is -2.16. The molecular formula is C13H18ClN3OS. The van der Waals surface area contributed by atoms with Gasteiger partial charge in [0.25, 0.3) is 0 Å². The number of carbonyl (C=O) groups is 1. The molecule has 3 N–H and O–H groups in total. The number of hydrogen-bond donors (Lipinski definition) is 2. The zero-order chi connectivity index (χ0) is 13.1. The molecule has 0 radical (unpaired) electrons. The SMILES string of the molecule is CCC(C)C(N)C(=O)Nc1nc2ccccc2s1.Cl. The quantitative estimate of drug-likeness (QED) is 0.912. The van der Waals surface area contributed by atoms with E-state index in [2.05, 4.69) is 10.3 Å². The lowest BCUT2D eigenvalue weighted by atomic mass is 10.00. The number of para-hydroxylation sites is 1. The normalized spacial score (nSPS) is 13.6. The van der Waals surface area contributed by atoms with Gasteiger partial charge in [-0.25, -0.2) is 4.98 Å². The van der Waals surface area contributed by atoms with Gasteiger partial charge in [-0.3, -0.25) is 4.79 Å². The number of anilines is 1. The Morgan fingerprint density at radius 2 is 2.16 bits per heavy atom. The van der Waals surface area contributed by atoms with Crippen LogP contribution in [-0.4, -0.2) is 16.9 Å². The molecule has 0 bridgehead atoms. The third-order valence-corrected chi connectivity index (χ3v) is 4.04. The summed E-state index contributed by atoms with van der Waals surface area (Å²) in [6.07, 6.45) is 0.883. The molecule has 0 spiro atoms. The van der Waals surface area contributed by atoms with Crippen LogP contribution in [0.5, 0.6) is 0 Å². The van der Waals surface area contributed by atoms with Gasteiger partial charge in [-0.1, -0.05) is 43.7 Å². The minimum Gasteiger partial charge on any atom is -0.320 e. The highest BCUT2D eigenvalue weighted by molar-refractivity contribution is 7.22. The van der Waals surface area contributed by atoms with Gasteiger partial charge in [-0.05, 0) is 18.1 Å². The van der Waals surface area contributed by atoms with Crippen molar-refractivity contribution in [1.82, 2.24) is 4.98 Å². The zero-order valence-electron chi connectivity index (χ0n) is 10.9. The molecule has 4 nitrogen and oxygen atoms in total. The lowest BCUT2D eigenvalue weighted by molar-refractivity contribution is -0.118. The summed E-state index contributed by atoms with van der Waals surface area (Å²) in [5.41, 5.74) is 6.78. The van der Waals surface area contributed by atoms with Crippen LogP contribution in [0.3, 0.4) is 0 Å². The fraction of sp³-hybridized carbons (Fsp3) is 0.385. The van der Waals surface area contributed by atoms with Crippen molar-refractivity contribution in [2.24, 2.45) is 11.7 Å². The van der Waals surface area contributed by atoms with Gasteiger partial charge >= 0.3 is 0 Å². The third kappa shape index (κ3) is 3.65. The minimum absolute atomic E-state index is 0. The van der Waals surface area contributed by atoms with Crippen LogP contribution in [0.15, 0.2) is 24.3 Å². The average Bonchev–Trinajstić information content (AvgIpc) is 2.78. The predicted octanol–water partition coefficient (Wildman–Crippen LogP) is 3.03. The number of halogens is 1. The second kappa shape index (κ2) is 6.84. The highest BCUT2D eigenvalue weighted by Gasteiger charge is 2.20. The predicted molar refractivity (Wildman–Crippen MR) is 82.9 cm³/mol. The molecule has 0 aliphatic heterocycles. The van der Waals surface area contributed by atoms with E-state index in [4.69, 9.17) is 5.73 Å². The number of fused-ring (bicyclic) bond motifs is 1. The molecule has 6 heteroatoms. The summed E-state index contributed by atoms with van der Waals surface area (Å²) in [5, 5.41) is 3.40. The number of nitrogens with zero attached hydrogens (tertiary/aromatic N) is 1. The van der Waals surface area contributed by atoms with E-state index in [-0.39, 0.29) is 24.2 Å². The fourth-order valence-corrected chi connectivity index (χ4v) is 2.50. The Labute approximate surface area is 122 Å². The molecule has 1 aromatic heterocycles. The van der Waals surface area contributed by atoms with Crippen LogP contribution >= 0.6 is 23.7 Å². The largest absolute Gasteiger partial charge is 0.320 e. The van der Waals surface area contributed by atoms with Gasteiger partial charge in [0.1, 0.15) is 0 Å². The monoisotopic (exact) mass is 299 g/mol. The highest BCUT2D eigenvalue weighted by atomic mass is 35.5. The number of thiazole rings is 1. The molecule has 2 atom stereocenters. The molecule has 0 fully saturated rings. The second-order valence-corrected chi connectivity index (χ2v) is 5.42. The molecule has 1 heterocycles. The van der Waals surface area contributed by atoms with Crippen molar-refractivity contribution >= 4 is 45.0 Å². The van der Waals surface area contributed by atoms with E-state index in [1.165, 1.54) is 11.3 Å². The summed E-state index contributed by atoms with van der Waals surface area (Å²) in [5.74, 6) is 0.00258. The van der Waals surface area contributed by atoms with E-state index in [0.29, 0.717) is 5.13 Å². The second-order valence-electron chi connectivity index (χ2n) is 4.39. The van der Waals surface area contributed by atoms with Crippen LogP contribution in [0.2, 0.25) is 0 Å². The van der Waals surface area contributed by atoms with E-state index < -0.39 is 6.04 Å². The maximum atomic E-state index is 11.9. The summed E-state index contributed by atoms with van der Waals surface area (Å²) in [6, 6.07) is 7.31. The van der Waals surface area contributed by atoms with Crippen LogP contribution in [0.1, 0.15) is 20.3 Å². The average molecular weight is 300 g/mol. The van der Waals surface area contributed by atoms with Gasteiger partial charge in [-0.15, -0.1) is 12.4 Å². The number of nitrogens with two attached hydrogens (primary N) is 1. The first-order valence-corrected chi connectivity index (χ1v) is 6.85. The summed E-state index contributed by atoms with van der Waals surface area (Å²) < 4.78 is 1.06. The van der Waals surface area contributed by atoms with Crippen molar-refractivity contribution in [2.75, 3.05) is 5.32 Å². The molecule has 19 heavy (non-hydrogen) atoms. The molecule has 0 aliphatic carbocycles. The standard InChI is InChI=1S/C13H17N3OS.ClH/c1-3-8(2)11(14)12(17)16-13-15-9-6-4-5-7-10(9)18-13;/h4-8,11H,3,14H2,1-2H3,(H,15,16,17);1H. The Hall–Kier alpha value is -1.17. The molecule has 1 aromatic carbocycles. The maximum Gasteiger partial charge on any atom is 0.243 e. The van der Waals surface area contributed by atoms with Crippen molar-refractivity contribution in [3.63, 3.8) is 0 Å². The topological polar surface area (TPSA) is 68.0 Å². The molecule has 0 saturated carbocycles. The Balaban J connectivity index is 0.00000180. The minimum atomic E-state index is -0.484. The molecule has 0 saturated heterocycles. The fourth-order valence-electron chi connectivity index (χ4n) is 1.63. The van der Waals surface area contributed by atoms with Crippen molar-refractivity contribution in [2.45, 2.75) is 26.3 Å². The number of nitrogens with one attached hydrogen (secondary N) is 1. The molecule has 104 valence electrons. The van der Waals surface area contributed by atoms with Crippen LogP contribution in [0, 0.1) is 5.92 Å². The van der Waals surface area contributed by atoms with E-state index in [9.17, 15) is 4.79 Å². The van der Waals surface area contributed by atoms with E-state index in [1.807, 2.05) is 38.1 Å². The van der Waals surface area contributed by atoms with Gasteiger partial charge in [0, 0.05) is 0 Å². The van der Waals surface area contributed by atoms with Crippen LogP contribution in [0.4, 0.5) is 5.13 Å². The summed E-state index contributed by atoms with van der Waals surface area (Å²) in [7, 11) is 0. The summed E-state index contributed by atoms with van der Waals surface area (Å²) in [4.78, 5) is 16.3. The van der Waals surface area contributed by atoms with Crippen molar-refractivity contribution < 1.29 is 4.79 Å². The Morgan fingerprint density at radius 1 is 1.47 bits per heavy atom. The van der Waals surface area contributed by atoms with E-state index in [1.54, 1.807) is 0 Å². The molecule has 2 rings (SSSR count). The lowest BCUT2D eigenvalue weighted by Crippen LogP contribution is -2.40.